The number of thiocarbonyl (C=S) groups is 1. The summed E-state index contributed by atoms with van der Waals surface area (Å²) in [6.07, 6.45) is 0. The van der Waals surface area contributed by atoms with E-state index in [9.17, 15) is 5.11 Å². The van der Waals surface area contributed by atoms with Gasteiger partial charge in [0, 0.05) is 17.5 Å². The molecule has 0 bridgehead atoms. The van der Waals surface area contributed by atoms with Crippen LogP contribution in [0.2, 0.25) is 0 Å². The molecule has 0 aromatic heterocycles. The van der Waals surface area contributed by atoms with Crippen LogP contribution in [0, 0.1) is 0 Å². The molecule has 0 amide bonds. The second-order valence-corrected chi connectivity index (χ2v) is 3.15. The molecule has 0 aliphatic heterocycles. The fraction of sp³-hybridized carbons (Fsp3) is 0.800. The van der Waals surface area contributed by atoms with Crippen LogP contribution in [-0.4, -0.2) is 21.8 Å². The minimum Gasteiger partial charge on any atom is -0.859 e. The van der Waals surface area contributed by atoms with Crippen LogP contribution in [0.3, 0.4) is 0 Å². The van der Waals surface area contributed by atoms with E-state index in [-0.39, 0.29) is 33.9 Å². The molecular weight excluding hydrogens is 177 g/mol. The van der Waals surface area contributed by atoms with E-state index in [4.69, 9.17) is 0 Å². The van der Waals surface area contributed by atoms with Crippen molar-refractivity contribution >= 4 is 28.5 Å². The summed E-state index contributed by atoms with van der Waals surface area (Å²) in [6, 6.07) is 0. The van der Waals surface area contributed by atoms with Crippen LogP contribution in [0.1, 0.15) is 13.8 Å². The number of rotatable bonds is 3. The molecule has 0 aromatic rings. The summed E-state index contributed by atoms with van der Waals surface area (Å²) in [4.78, 5) is 0. The molecule has 0 spiro atoms. The number of nitrogens with zero attached hydrogens (tertiary/aromatic N) is 1. The Labute approximate surface area is 93.8 Å². The van der Waals surface area contributed by atoms with Crippen molar-refractivity contribution in [1.29, 1.82) is 0 Å². The largest absolute Gasteiger partial charge is 1.00 e. The van der Waals surface area contributed by atoms with E-state index in [1.165, 1.54) is 0 Å². The molecule has 0 fully saturated rings. The fourth-order valence-corrected chi connectivity index (χ4v) is 1.24. The Morgan fingerprint density at radius 3 is 2.00 bits per heavy atom. The average Bonchev–Trinajstić information content (AvgIpc) is 1.82. The molecule has 0 rings (SSSR count). The molecule has 0 atom stereocenters. The zero-order valence-corrected chi connectivity index (χ0v) is 10.2. The van der Waals surface area contributed by atoms with Crippen molar-refractivity contribution in [3.63, 3.8) is 0 Å². The number of hydrogen-bond acceptors (Lipinski definition) is 4. The molecule has 0 N–H and O–H groups in total. The molecule has 10 heavy (non-hydrogen) atoms. The summed E-state index contributed by atoms with van der Waals surface area (Å²) in [7, 11) is 0. The maximum atomic E-state index is 10.3. The van der Waals surface area contributed by atoms with Crippen molar-refractivity contribution in [3.05, 3.63) is 0 Å². The van der Waals surface area contributed by atoms with E-state index in [1.807, 2.05) is 18.2 Å². The Balaban J connectivity index is 0. The second-order valence-electron chi connectivity index (χ2n) is 1.46. The first-order valence-electron chi connectivity index (χ1n) is 2.84. The third-order valence-electron chi connectivity index (χ3n) is 0.909. The van der Waals surface area contributed by atoms with Gasteiger partial charge in [-0.1, -0.05) is 26.1 Å². The minimum atomic E-state index is -0.251. The van der Waals surface area contributed by atoms with E-state index in [0.29, 0.717) is 0 Å². The van der Waals surface area contributed by atoms with Crippen molar-refractivity contribution in [2.24, 2.45) is 0 Å². The second kappa shape index (κ2) is 8.30. The van der Waals surface area contributed by atoms with Gasteiger partial charge in [0.15, 0.2) is 0 Å². The van der Waals surface area contributed by atoms with Gasteiger partial charge >= 0.3 is 29.6 Å². The van der Waals surface area contributed by atoms with Crippen LogP contribution in [0.15, 0.2) is 0 Å². The summed E-state index contributed by atoms with van der Waals surface area (Å²) < 4.78 is 1.66. The van der Waals surface area contributed by atoms with Crippen molar-refractivity contribution < 1.29 is 34.7 Å². The van der Waals surface area contributed by atoms with E-state index in [0.717, 1.165) is 25.0 Å². The first-order valence-corrected chi connectivity index (χ1v) is 4.02. The summed E-state index contributed by atoms with van der Waals surface area (Å²) in [6.45, 7) is 5.72. The molecule has 0 radical (unpaired) electrons. The van der Waals surface area contributed by atoms with E-state index in [2.05, 4.69) is 12.2 Å². The Kier molecular flexibility index (Phi) is 11.4. The smallest absolute Gasteiger partial charge is 0.859 e. The first kappa shape index (κ1) is 13.8. The van der Waals surface area contributed by atoms with Crippen molar-refractivity contribution in [2.45, 2.75) is 13.8 Å². The van der Waals surface area contributed by atoms with Gasteiger partial charge in [-0.25, -0.2) is 4.31 Å². The van der Waals surface area contributed by atoms with Crippen LogP contribution in [0.5, 0.6) is 0 Å². The van der Waals surface area contributed by atoms with Crippen LogP contribution in [0.4, 0.5) is 0 Å². The molecule has 0 aromatic carbocycles. The van der Waals surface area contributed by atoms with Gasteiger partial charge in [0.25, 0.3) is 0 Å². The summed E-state index contributed by atoms with van der Waals surface area (Å²) in [5.74, 6) is 0. The molecule has 2 nitrogen and oxygen atoms in total. The Morgan fingerprint density at radius 1 is 1.50 bits per heavy atom. The molecule has 5 heteroatoms. The first-order chi connectivity index (χ1) is 4.20. The molecule has 54 valence electrons. The maximum absolute atomic E-state index is 10.3. The summed E-state index contributed by atoms with van der Waals surface area (Å²) in [5, 5.41) is 10.3. The third kappa shape index (κ3) is 7.31. The normalized spacial score (nSPS) is 9.10. The van der Waals surface area contributed by atoms with Crippen LogP contribution in [0.25, 0.3) is 0 Å². The molecule has 0 unspecified atom stereocenters. The average molecular weight is 187 g/mol. The molecule has 0 aliphatic carbocycles. The van der Waals surface area contributed by atoms with E-state index in [1.54, 1.807) is 0 Å². The standard InChI is InChI=1S/C5H11NOS2.Na/c1-3-6(4-2)9-5(7)8;/h3-4H2,1-2H3,(H,7,8);/q;+1/p-1. The van der Waals surface area contributed by atoms with Gasteiger partial charge in [-0.05, 0) is 11.9 Å². The molecule has 0 saturated heterocycles. The molecular formula is C5H10NNaOS2. The van der Waals surface area contributed by atoms with Crippen LogP contribution in [-0.2, 0) is 0 Å². The number of hydrogen-bond donors (Lipinski definition) is 0. The third-order valence-corrected chi connectivity index (χ3v) is 2.06. The van der Waals surface area contributed by atoms with Crippen molar-refractivity contribution in [2.75, 3.05) is 13.1 Å². The van der Waals surface area contributed by atoms with Gasteiger partial charge < -0.3 is 5.11 Å². The summed E-state index contributed by atoms with van der Waals surface area (Å²) in [5.41, 5.74) is 0. The van der Waals surface area contributed by atoms with Gasteiger partial charge in [0.05, 0.1) is 0 Å². The monoisotopic (exact) mass is 187 g/mol. The Bertz CT molecular complexity index is 97.6. The quantitative estimate of drug-likeness (QED) is 0.280. The molecule has 0 heterocycles. The topological polar surface area (TPSA) is 26.3 Å². The SMILES string of the molecule is CCN(CC)SC([O-])=S.[Na+]. The van der Waals surface area contributed by atoms with Gasteiger partial charge in [0.1, 0.15) is 0 Å². The summed E-state index contributed by atoms with van der Waals surface area (Å²) >= 11 is 5.48. The van der Waals surface area contributed by atoms with Crippen LogP contribution < -0.4 is 34.7 Å². The van der Waals surface area contributed by atoms with E-state index >= 15 is 0 Å². The van der Waals surface area contributed by atoms with Crippen LogP contribution >= 0.6 is 24.2 Å². The predicted octanol–water partition coefficient (Wildman–Crippen LogP) is -2.37. The van der Waals surface area contributed by atoms with Gasteiger partial charge in [-0.3, -0.25) is 0 Å². The predicted molar refractivity (Wildman–Crippen MR) is 43.1 cm³/mol. The van der Waals surface area contributed by atoms with Gasteiger partial charge in [-0.2, -0.15) is 0 Å². The van der Waals surface area contributed by atoms with E-state index < -0.39 is 0 Å². The van der Waals surface area contributed by atoms with Gasteiger partial charge in [0.2, 0.25) is 0 Å². The minimum absolute atomic E-state index is 0. The molecule has 0 aliphatic rings. The van der Waals surface area contributed by atoms with Gasteiger partial charge in [-0.15, -0.1) is 0 Å². The Morgan fingerprint density at radius 2 is 1.90 bits per heavy atom. The maximum Gasteiger partial charge on any atom is 1.00 e. The zero-order chi connectivity index (χ0) is 7.28. The molecule has 0 saturated carbocycles. The zero-order valence-electron chi connectivity index (χ0n) is 6.59. The fourth-order valence-electron chi connectivity index (χ4n) is 0.458. The van der Waals surface area contributed by atoms with Crippen molar-refractivity contribution in [3.8, 4) is 0 Å². The van der Waals surface area contributed by atoms with Crippen molar-refractivity contribution in [1.82, 2.24) is 4.31 Å². The Hall–Kier alpha value is 1.20.